The highest BCUT2D eigenvalue weighted by Gasteiger charge is 2.68. The minimum Gasteiger partial charge on any atom is -0.459 e. The number of esters is 5. The molecule has 1 saturated carbocycles. The summed E-state index contributed by atoms with van der Waals surface area (Å²) >= 11 is 0. The van der Waals surface area contributed by atoms with E-state index < -0.39 is 107 Å². The summed E-state index contributed by atoms with van der Waals surface area (Å²) in [6.45, 7) is 16.4. The highest BCUT2D eigenvalue weighted by Crippen LogP contribution is 2.51. The predicted molar refractivity (Wildman–Crippen MR) is 177 cm³/mol. The van der Waals surface area contributed by atoms with Gasteiger partial charge in [0, 0.05) is 44.1 Å². The summed E-state index contributed by atoms with van der Waals surface area (Å²) in [4.78, 5) is 79.3. The van der Waals surface area contributed by atoms with Gasteiger partial charge in [0.15, 0.2) is 24.1 Å². The van der Waals surface area contributed by atoms with Crippen molar-refractivity contribution in [2.45, 2.75) is 110 Å². The maximum atomic E-state index is 14.3. The van der Waals surface area contributed by atoms with Crippen LogP contribution in [-0.2, 0) is 47.7 Å². The lowest BCUT2D eigenvalue weighted by Gasteiger charge is -2.44. The lowest BCUT2D eigenvalue weighted by Crippen LogP contribution is -2.58. The molecule has 0 radical (unpaired) electrons. The van der Waals surface area contributed by atoms with E-state index >= 15 is 0 Å². The van der Waals surface area contributed by atoms with Crippen LogP contribution in [-0.4, -0.2) is 87.6 Å². The van der Waals surface area contributed by atoms with Gasteiger partial charge in [0.25, 0.3) is 0 Å². The molecule has 0 bridgehead atoms. The maximum Gasteiger partial charge on any atom is 0.338 e. The zero-order valence-electron chi connectivity index (χ0n) is 30.0. The van der Waals surface area contributed by atoms with E-state index in [9.17, 15) is 39.0 Å². The van der Waals surface area contributed by atoms with Crippen LogP contribution in [0.1, 0.15) is 79.1 Å². The Hall–Kier alpha value is -4.36. The van der Waals surface area contributed by atoms with Gasteiger partial charge >= 0.3 is 29.8 Å². The zero-order valence-corrected chi connectivity index (χ0v) is 30.0. The molecule has 1 fully saturated rings. The standard InChI is InChI=1S/C37H48O13/c1-19(2)33(42)49-27-21(4)28(50-34(43)25-14-12-11-13-15-25)29(46-22(5)38)32(48-24(7)40)35(8,9)17-16-20(3)30(41)37(45)18-36(10,44)31(26(27)37)47-23(6)39/h11-17,19-20,26-29,31-32,44-45H,4,18H2,1-3,5-10H3/b17-16+/t20-,26-,27+,28-,29+,31+,32+,36+,37+/m0/s1. The van der Waals surface area contributed by atoms with Gasteiger partial charge in [-0.25, -0.2) is 4.79 Å². The SMILES string of the molecule is C=C1[C@@H](OC(=O)C(C)C)[C@H]2[C@@H](OC(C)=O)[C@](C)(O)C[C@]2(O)C(=O)[C@@H](C)/C=C/C(C)(C)[C@H](OC(C)=O)[C@H](OC(C)=O)[C@H]1OC(=O)c1ccccc1. The normalized spacial score (nSPS) is 33.2. The number of ketones is 1. The first-order valence-electron chi connectivity index (χ1n) is 16.4. The van der Waals surface area contributed by atoms with E-state index in [1.54, 1.807) is 32.0 Å². The summed E-state index contributed by atoms with van der Waals surface area (Å²) < 4.78 is 29.1. The Labute approximate surface area is 291 Å². The summed E-state index contributed by atoms with van der Waals surface area (Å²) in [5.74, 6) is -8.74. The van der Waals surface area contributed by atoms with Crippen molar-refractivity contribution in [3.63, 3.8) is 0 Å². The number of ether oxygens (including phenoxy) is 5. The van der Waals surface area contributed by atoms with E-state index in [0.717, 1.165) is 20.8 Å². The number of allylic oxidation sites excluding steroid dienone is 1. The highest BCUT2D eigenvalue weighted by atomic mass is 16.6. The maximum absolute atomic E-state index is 14.3. The monoisotopic (exact) mass is 700 g/mol. The molecule has 3 rings (SSSR count). The van der Waals surface area contributed by atoms with Crippen LogP contribution in [0.15, 0.2) is 54.6 Å². The fourth-order valence-corrected chi connectivity index (χ4v) is 6.62. The van der Waals surface area contributed by atoms with Crippen LogP contribution < -0.4 is 0 Å². The summed E-state index contributed by atoms with van der Waals surface area (Å²) in [7, 11) is 0. The second-order valence-corrected chi connectivity index (χ2v) is 14.2. The topological polar surface area (TPSA) is 189 Å². The number of hydrogen-bond donors (Lipinski definition) is 2. The third-order valence-corrected chi connectivity index (χ3v) is 9.01. The molecule has 9 atom stereocenters. The van der Waals surface area contributed by atoms with Gasteiger partial charge in [-0.1, -0.05) is 71.5 Å². The van der Waals surface area contributed by atoms with Crippen molar-refractivity contribution in [1.29, 1.82) is 0 Å². The first-order valence-corrected chi connectivity index (χ1v) is 16.4. The van der Waals surface area contributed by atoms with Crippen molar-refractivity contribution in [2.75, 3.05) is 0 Å². The lowest BCUT2D eigenvalue weighted by molar-refractivity contribution is -0.187. The Bertz CT molecular complexity index is 1520. The van der Waals surface area contributed by atoms with E-state index in [1.807, 2.05) is 0 Å². The Morgan fingerprint density at radius 3 is 1.88 bits per heavy atom. The largest absolute Gasteiger partial charge is 0.459 e. The molecular weight excluding hydrogens is 652 g/mol. The predicted octanol–water partition coefficient (Wildman–Crippen LogP) is 3.43. The van der Waals surface area contributed by atoms with Crippen LogP contribution in [0.25, 0.3) is 0 Å². The summed E-state index contributed by atoms with van der Waals surface area (Å²) in [5, 5.41) is 24.1. The number of aliphatic hydroxyl groups is 2. The molecule has 0 heterocycles. The molecule has 1 aromatic rings. The molecule has 0 aromatic heterocycles. The van der Waals surface area contributed by atoms with Gasteiger partial charge in [0.05, 0.1) is 17.4 Å². The van der Waals surface area contributed by atoms with Crippen molar-refractivity contribution in [1.82, 2.24) is 0 Å². The van der Waals surface area contributed by atoms with Crippen LogP contribution in [0.3, 0.4) is 0 Å². The van der Waals surface area contributed by atoms with E-state index in [1.165, 1.54) is 52.0 Å². The van der Waals surface area contributed by atoms with Crippen molar-refractivity contribution in [2.24, 2.45) is 23.2 Å². The fraction of sp³-hybridized carbons (Fsp3) is 0.568. The molecule has 0 aliphatic heterocycles. The second kappa shape index (κ2) is 15.3. The molecule has 50 heavy (non-hydrogen) atoms. The summed E-state index contributed by atoms with van der Waals surface area (Å²) in [5.41, 5.74) is -6.11. The second-order valence-electron chi connectivity index (χ2n) is 14.2. The Kier molecular flexibility index (Phi) is 12.2. The zero-order chi connectivity index (χ0) is 37.9. The van der Waals surface area contributed by atoms with Gasteiger partial charge in [0.1, 0.15) is 23.4 Å². The quantitative estimate of drug-likeness (QED) is 0.239. The van der Waals surface area contributed by atoms with E-state index in [4.69, 9.17) is 23.7 Å². The Balaban J connectivity index is 2.49. The van der Waals surface area contributed by atoms with E-state index in [2.05, 4.69) is 6.58 Å². The average molecular weight is 701 g/mol. The molecular formula is C37H48O13. The number of hydrogen-bond acceptors (Lipinski definition) is 13. The van der Waals surface area contributed by atoms with Gasteiger partial charge in [-0.05, 0) is 19.1 Å². The molecule has 13 heteroatoms. The van der Waals surface area contributed by atoms with Crippen LogP contribution in [0, 0.1) is 23.2 Å². The Morgan fingerprint density at radius 2 is 1.36 bits per heavy atom. The van der Waals surface area contributed by atoms with Crippen molar-refractivity contribution >= 4 is 35.6 Å². The lowest BCUT2D eigenvalue weighted by atomic mass is 9.72. The summed E-state index contributed by atoms with van der Waals surface area (Å²) in [6, 6.07) is 7.74. The Morgan fingerprint density at radius 1 is 0.820 bits per heavy atom. The number of benzene rings is 1. The van der Waals surface area contributed by atoms with Gasteiger partial charge < -0.3 is 33.9 Å². The van der Waals surface area contributed by atoms with Gasteiger partial charge in [0.2, 0.25) is 0 Å². The molecule has 13 nitrogen and oxygen atoms in total. The number of carbonyl (C=O) groups excluding carboxylic acids is 6. The third-order valence-electron chi connectivity index (χ3n) is 9.01. The minimum absolute atomic E-state index is 0.0639. The molecule has 274 valence electrons. The number of Topliss-reactive ketones (excluding diaryl/α,β-unsaturated/α-hetero) is 1. The van der Waals surface area contributed by atoms with Crippen LogP contribution in [0.5, 0.6) is 0 Å². The average Bonchev–Trinajstić information content (AvgIpc) is 3.21. The number of carbonyl (C=O) groups is 6. The van der Waals surface area contributed by atoms with Crippen LogP contribution in [0.4, 0.5) is 0 Å². The van der Waals surface area contributed by atoms with Crippen LogP contribution in [0.2, 0.25) is 0 Å². The van der Waals surface area contributed by atoms with Gasteiger partial charge in [-0.3, -0.25) is 24.0 Å². The molecule has 0 unspecified atom stereocenters. The van der Waals surface area contributed by atoms with Crippen molar-refractivity contribution in [3.8, 4) is 0 Å². The molecule has 2 aliphatic carbocycles. The summed E-state index contributed by atoms with van der Waals surface area (Å²) in [6.07, 6.45) is -6.05. The molecule has 0 saturated heterocycles. The van der Waals surface area contributed by atoms with Gasteiger partial charge in [-0.2, -0.15) is 0 Å². The first kappa shape index (κ1) is 40.1. The smallest absolute Gasteiger partial charge is 0.338 e. The van der Waals surface area contributed by atoms with Crippen LogP contribution >= 0.6 is 0 Å². The number of fused-ring (bicyclic) bond motifs is 1. The van der Waals surface area contributed by atoms with Crippen molar-refractivity contribution in [3.05, 3.63) is 60.2 Å². The number of rotatable bonds is 7. The van der Waals surface area contributed by atoms with E-state index in [0.29, 0.717) is 0 Å². The molecule has 0 spiro atoms. The first-order chi connectivity index (χ1) is 23.0. The molecule has 2 aliphatic rings. The fourth-order valence-electron chi connectivity index (χ4n) is 6.62. The molecule has 2 N–H and O–H groups in total. The molecule has 1 aromatic carbocycles. The van der Waals surface area contributed by atoms with Gasteiger partial charge in [-0.15, -0.1) is 0 Å². The highest BCUT2D eigenvalue weighted by molar-refractivity contribution is 5.92. The van der Waals surface area contributed by atoms with E-state index in [-0.39, 0.29) is 11.1 Å². The minimum atomic E-state index is -2.53. The third kappa shape index (κ3) is 8.67. The molecule has 0 amide bonds. The van der Waals surface area contributed by atoms with Crippen molar-refractivity contribution < 1.29 is 62.7 Å².